The van der Waals surface area contributed by atoms with E-state index < -0.39 is 17.4 Å². The quantitative estimate of drug-likeness (QED) is 0.225. The second-order valence-corrected chi connectivity index (χ2v) is 17.1. The Balaban J connectivity index is 0.738. The molecule has 6 heterocycles. The summed E-state index contributed by atoms with van der Waals surface area (Å²) in [6, 6.07) is 8.06. The highest BCUT2D eigenvalue weighted by Crippen LogP contribution is 2.31. The van der Waals surface area contributed by atoms with Crippen LogP contribution in [0.15, 0.2) is 35.1 Å². The number of piperidine rings is 3. The number of amides is 2. The van der Waals surface area contributed by atoms with Gasteiger partial charge in [-0.15, -0.1) is 0 Å². The predicted molar refractivity (Wildman–Crippen MR) is 209 cm³/mol. The van der Waals surface area contributed by atoms with E-state index in [1.54, 1.807) is 23.9 Å². The molecule has 1 aromatic heterocycles. The van der Waals surface area contributed by atoms with Gasteiger partial charge in [-0.3, -0.25) is 29.5 Å². The van der Waals surface area contributed by atoms with Crippen molar-refractivity contribution in [2.75, 3.05) is 75.9 Å². The minimum atomic E-state index is -0.610. The Morgan fingerprint density at radius 2 is 1.67 bits per heavy atom. The molecule has 8 rings (SSSR count). The molecule has 3 N–H and O–H groups in total. The molecule has 0 saturated carbocycles. The van der Waals surface area contributed by atoms with Crippen molar-refractivity contribution in [1.82, 2.24) is 25.1 Å². The lowest BCUT2D eigenvalue weighted by atomic mass is 9.92. The molecule has 5 aliphatic heterocycles. The molecule has 3 aromatic rings. The van der Waals surface area contributed by atoms with Crippen molar-refractivity contribution in [3.8, 4) is 5.75 Å². The molecule has 1 atom stereocenters. The Kier molecular flexibility index (Phi) is 11.9. The van der Waals surface area contributed by atoms with Crippen LogP contribution in [0.25, 0.3) is 10.9 Å². The lowest BCUT2D eigenvalue weighted by molar-refractivity contribution is -0.133. The summed E-state index contributed by atoms with van der Waals surface area (Å²) >= 11 is 1.75. The molecular weight excluding hydrogens is 729 g/mol. The first kappa shape index (κ1) is 38.1. The van der Waals surface area contributed by atoms with Crippen LogP contribution in [0, 0.1) is 23.5 Å². The summed E-state index contributed by atoms with van der Waals surface area (Å²) in [5.41, 5.74) is 1.00. The van der Waals surface area contributed by atoms with Crippen molar-refractivity contribution in [3.63, 3.8) is 0 Å². The Labute approximate surface area is 324 Å². The van der Waals surface area contributed by atoms with Crippen LogP contribution in [0.1, 0.15) is 57.2 Å². The number of carbonyl (C=O) groups is 2. The number of benzene rings is 2. The number of nitrogens with zero attached hydrogens (tertiary/aromatic N) is 4. The van der Waals surface area contributed by atoms with Crippen molar-refractivity contribution >= 4 is 45.9 Å². The summed E-state index contributed by atoms with van der Waals surface area (Å²) < 4.78 is 41.7. The first-order chi connectivity index (χ1) is 26.7. The summed E-state index contributed by atoms with van der Waals surface area (Å²) in [6.07, 6.45) is 6.73. The number of carbonyl (C=O) groups excluding carboxylic acids is 2. The van der Waals surface area contributed by atoms with Crippen LogP contribution in [-0.4, -0.2) is 115 Å². The van der Waals surface area contributed by atoms with E-state index in [9.17, 15) is 14.4 Å². The number of hydrogen-bond donors (Lipinski definition) is 3. The van der Waals surface area contributed by atoms with E-state index in [0.29, 0.717) is 70.4 Å². The number of aromatic nitrogens is 2. The summed E-state index contributed by atoms with van der Waals surface area (Å²) in [5, 5.41) is 5.83. The highest BCUT2D eigenvalue weighted by Gasteiger charge is 2.36. The smallest absolute Gasteiger partial charge is 0.261 e. The second kappa shape index (κ2) is 17.1. The van der Waals surface area contributed by atoms with Gasteiger partial charge in [0.25, 0.3) is 5.56 Å². The molecule has 15 heteroatoms. The fourth-order valence-corrected chi connectivity index (χ4v) is 9.72. The van der Waals surface area contributed by atoms with Crippen molar-refractivity contribution in [1.29, 1.82) is 0 Å². The number of hydrogen-bond acceptors (Lipinski definition) is 11. The number of anilines is 2. The molecule has 0 aliphatic carbocycles. The van der Waals surface area contributed by atoms with Crippen LogP contribution in [0.3, 0.4) is 0 Å². The van der Waals surface area contributed by atoms with E-state index in [2.05, 4.69) is 35.3 Å². The summed E-state index contributed by atoms with van der Waals surface area (Å²) in [4.78, 5) is 50.8. The van der Waals surface area contributed by atoms with Crippen molar-refractivity contribution in [3.05, 3.63) is 58.1 Å². The maximum Gasteiger partial charge on any atom is 0.261 e. The van der Waals surface area contributed by atoms with Gasteiger partial charge in [0.1, 0.15) is 34.6 Å². The molecule has 0 bridgehead atoms. The first-order valence-electron chi connectivity index (χ1n) is 19.9. The molecular formula is C40H51F2N7O5S. The van der Waals surface area contributed by atoms with Gasteiger partial charge in [-0.25, -0.2) is 13.8 Å². The minimum absolute atomic E-state index is 0.0268. The third kappa shape index (κ3) is 9.27. The molecule has 5 saturated heterocycles. The maximum absolute atomic E-state index is 15.2. The van der Waals surface area contributed by atoms with E-state index in [-0.39, 0.29) is 29.4 Å². The Morgan fingerprint density at radius 1 is 0.909 bits per heavy atom. The summed E-state index contributed by atoms with van der Waals surface area (Å²) in [6.45, 7) is 8.93. The van der Waals surface area contributed by atoms with Gasteiger partial charge in [-0.2, -0.15) is 11.8 Å². The SMILES string of the molecule is O=C1CCC(Nc2ccc(N3CCC(CN4CC(N5CCC(COc6cc(F)c7c(=O)[nH]c(CSC8CCOCC8)nc7c6)CC5)C4)CC3)c(F)c2)C(=O)N1. The molecule has 0 spiro atoms. The van der Waals surface area contributed by atoms with Crippen LogP contribution in [-0.2, 0) is 20.1 Å². The molecule has 55 heavy (non-hydrogen) atoms. The van der Waals surface area contributed by atoms with Crippen LogP contribution >= 0.6 is 11.8 Å². The molecule has 12 nitrogen and oxygen atoms in total. The maximum atomic E-state index is 15.2. The Morgan fingerprint density at radius 3 is 2.42 bits per heavy atom. The van der Waals surface area contributed by atoms with Crippen LogP contribution < -0.4 is 25.8 Å². The molecule has 2 aromatic carbocycles. The highest BCUT2D eigenvalue weighted by molar-refractivity contribution is 7.99. The van der Waals surface area contributed by atoms with Gasteiger partial charge in [-0.05, 0) is 88.1 Å². The summed E-state index contributed by atoms with van der Waals surface area (Å²) in [5.74, 6) is 0.947. The van der Waals surface area contributed by atoms with Crippen molar-refractivity contribution < 1.29 is 27.8 Å². The van der Waals surface area contributed by atoms with Gasteiger partial charge >= 0.3 is 0 Å². The average Bonchev–Trinajstić information content (AvgIpc) is 3.16. The molecule has 296 valence electrons. The van der Waals surface area contributed by atoms with Gasteiger partial charge in [0.2, 0.25) is 11.8 Å². The van der Waals surface area contributed by atoms with Gasteiger partial charge in [0.05, 0.1) is 23.6 Å². The second-order valence-electron chi connectivity index (χ2n) is 15.8. The zero-order valence-electron chi connectivity index (χ0n) is 31.2. The van der Waals surface area contributed by atoms with E-state index in [4.69, 9.17) is 9.47 Å². The average molecular weight is 780 g/mol. The van der Waals surface area contributed by atoms with E-state index >= 15 is 8.78 Å². The lowest BCUT2D eigenvalue weighted by Crippen LogP contribution is -2.61. The van der Waals surface area contributed by atoms with Crippen LogP contribution in [0.4, 0.5) is 20.2 Å². The molecule has 5 fully saturated rings. The number of fused-ring (bicyclic) bond motifs is 1. The fraction of sp³-hybridized carbons (Fsp3) is 0.600. The molecule has 1 unspecified atom stereocenters. The van der Waals surface area contributed by atoms with Gasteiger partial charge in [-0.1, -0.05) is 0 Å². The molecule has 2 amide bonds. The van der Waals surface area contributed by atoms with Gasteiger partial charge in [0.15, 0.2) is 0 Å². The highest BCUT2D eigenvalue weighted by atomic mass is 32.2. The first-order valence-corrected chi connectivity index (χ1v) is 20.9. The fourth-order valence-electron chi connectivity index (χ4n) is 8.67. The van der Waals surface area contributed by atoms with Gasteiger partial charge < -0.3 is 24.7 Å². The lowest BCUT2D eigenvalue weighted by Gasteiger charge is -2.49. The Hall–Kier alpha value is -3.79. The zero-order valence-corrected chi connectivity index (χ0v) is 32.0. The topological polar surface area (TPSA) is 132 Å². The number of ether oxygens (including phenoxy) is 2. The third-order valence-corrected chi connectivity index (χ3v) is 13.4. The van der Waals surface area contributed by atoms with Crippen LogP contribution in [0.5, 0.6) is 5.75 Å². The van der Waals surface area contributed by atoms with E-state index in [1.807, 2.05) is 6.07 Å². The summed E-state index contributed by atoms with van der Waals surface area (Å²) in [7, 11) is 0. The number of aromatic amines is 1. The Bertz CT molecular complexity index is 1910. The number of thioether (sulfide) groups is 1. The van der Waals surface area contributed by atoms with E-state index in [0.717, 1.165) is 97.6 Å². The molecule has 5 aliphatic rings. The van der Waals surface area contributed by atoms with E-state index in [1.165, 1.54) is 12.1 Å². The number of nitrogens with one attached hydrogen (secondary N) is 3. The van der Waals surface area contributed by atoms with Gasteiger partial charge in [0, 0.05) is 81.5 Å². The number of halogens is 2. The number of likely N-dealkylation sites (tertiary alicyclic amines) is 2. The van der Waals surface area contributed by atoms with Crippen molar-refractivity contribution in [2.24, 2.45) is 11.8 Å². The monoisotopic (exact) mass is 779 g/mol. The zero-order chi connectivity index (χ0) is 37.9. The van der Waals surface area contributed by atoms with Crippen LogP contribution in [0.2, 0.25) is 0 Å². The largest absolute Gasteiger partial charge is 0.493 e. The minimum Gasteiger partial charge on any atom is -0.493 e. The third-order valence-electron chi connectivity index (χ3n) is 12.0. The normalized spacial score (nSPS) is 22.9. The molecule has 0 radical (unpaired) electrons. The number of rotatable bonds is 12. The van der Waals surface area contributed by atoms with Crippen molar-refractivity contribution in [2.45, 2.75) is 74.5 Å². The number of H-pyrrole nitrogens is 1. The predicted octanol–water partition coefficient (Wildman–Crippen LogP) is 4.52. The number of imide groups is 1. The standard InChI is InChI=1S/C40H51F2N7O5S/c41-31-17-27(43-33-2-4-37(50)46-39(33)51)1-3-35(31)49-13-5-25(6-14-49)20-47-21-28(22-47)48-11-7-26(8-12-48)23-54-29-18-32(42)38-34(19-29)44-36(45-40(38)52)24-55-30-9-15-53-16-10-30/h1,3,17-19,25-26,28,30,33,43H,2,4-16,20-24H2,(H,44,45,52)(H,46,50,51).